The van der Waals surface area contributed by atoms with Crippen LogP contribution in [-0.4, -0.2) is 27.7 Å². The van der Waals surface area contributed by atoms with E-state index in [0.717, 1.165) is 39.7 Å². The summed E-state index contributed by atoms with van der Waals surface area (Å²) >= 11 is 3.66. The van der Waals surface area contributed by atoms with Crippen LogP contribution in [0.15, 0.2) is 58.5 Å². The molecule has 2 aliphatic rings. The van der Waals surface area contributed by atoms with Crippen molar-refractivity contribution in [2.24, 2.45) is 0 Å². The van der Waals surface area contributed by atoms with E-state index >= 15 is 0 Å². The quantitative estimate of drug-likeness (QED) is 0.539. The average Bonchev–Trinajstić information content (AvgIpc) is 3.26. The molecule has 1 aliphatic carbocycles. The summed E-state index contributed by atoms with van der Waals surface area (Å²) in [5.74, 6) is 1.99. The topological polar surface area (TPSA) is 78.3 Å². The first-order valence-electron chi connectivity index (χ1n) is 10.5. The Morgan fingerprint density at radius 1 is 1.25 bits per heavy atom. The molecule has 1 N–H and O–H groups in total. The molecule has 32 heavy (non-hydrogen) atoms. The number of halogens is 1. The van der Waals surface area contributed by atoms with Gasteiger partial charge in [-0.1, -0.05) is 24.3 Å². The molecule has 3 aromatic rings. The van der Waals surface area contributed by atoms with Crippen molar-refractivity contribution in [2.75, 3.05) is 12.4 Å². The maximum Gasteiger partial charge on any atom is 0.226 e. The number of nitrogens with one attached hydrogen (secondary N) is 1. The smallest absolute Gasteiger partial charge is 0.226 e. The molecule has 0 saturated carbocycles. The second-order valence-corrected chi connectivity index (χ2v) is 8.83. The highest BCUT2D eigenvalue weighted by Crippen LogP contribution is 2.44. The van der Waals surface area contributed by atoms with Crippen molar-refractivity contribution < 1.29 is 14.3 Å². The summed E-state index contributed by atoms with van der Waals surface area (Å²) in [4.78, 5) is 17.2. The molecular weight excluding hydrogens is 472 g/mol. The fraction of sp³-hybridized carbons (Fsp3) is 0.292. The molecule has 2 aromatic carbocycles. The predicted octanol–water partition coefficient (Wildman–Crippen LogP) is 4.96. The van der Waals surface area contributed by atoms with Gasteiger partial charge in [-0.3, -0.25) is 4.79 Å². The van der Waals surface area contributed by atoms with E-state index in [-0.39, 0.29) is 11.8 Å². The lowest BCUT2D eigenvalue weighted by Gasteiger charge is -2.32. The second kappa shape index (κ2) is 8.43. The van der Waals surface area contributed by atoms with Crippen LogP contribution < -0.4 is 14.8 Å². The monoisotopic (exact) mass is 494 g/mol. The average molecular weight is 495 g/mol. The minimum Gasteiger partial charge on any atom is -0.493 e. The third-order valence-corrected chi connectivity index (χ3v) is 6.60. The van der Waals surface area contributed by atoms with E-state index in [1.807, 2.05) is 30.3 Å². The Morgan fingerprint density at radius 2 is 2.09 bits per heavy atom. The van der Waals surface area contributed by atoms with Crippen LogP contribution in [0.3, 0.4) is 0 Å². The van der Waals surface area contributed by atoms with Crippen molar-refractivity contribution >= 4 is 27.7 Å². The highest BCUT2D eigenvalue weighted by molar-refractivity contribution is 9.10. The van der Waals surface area contributed by atoms with Gasteiger partial charge in [-0.15, -0.1) is 0 Å². The van der Waals surface area contributed by atoms with Gasteiger partial charge in [-0.05, 0) is 64.5 Å². The van der Waals surface area contributed by atoms with E-state index in [2.05, 4.69) is 44.3 Å². The van der Waals surface area contributed by atoms with Gasteiger partial charge in [-0.2, -0.15) is 10.1 Å². The summed E-state index contributed by atoms with van der Waals surface area (Å²) in [5, 5.41) is 7.69. The predicted molar refractivity (Wildman–Crippen MR) is 124 cm³/mol. The molecule has 1 aromatic heterocycles. The third-order valence-electron chi connectivity index (χ3n) is 6.01. The number of anilines is 1. The number of fused-ring (bicyclic) bond motifs is 1. The van der Waals surface area contributed by atoms with Crippen LogP contribution in [0.25, 0.3) is 0 Å². The molecule has 1 unspecified atom stereocenters. The molecular formula is C24H23BrN4O3. The number of ketones is 1. The number of aromatic nitrogens is 3. The summed E-state index contributed by atoms with van der Waals surface area (Å²) < 4.78 is 14.4. The molecule has 2 heterocycles. The highest BCUT2D eigenvalue weighted by Gasteiger charge is 2.36. The first kappa shape index (κ1) is 20.8. The maximum absolute atomic E-state index is 12.9. The number of allylic oxidation sites excluding steroid dienone is 2. The Bertz CT molecular complexity index is 1230. The standard InChI is InChI=1S/C24H23BrN4O3/c1-14-6-3-4-7-15(14)12-32-23-17(25)10-16(11-20(23)31-2)22-21-18(8-5-9-19(21)30)28-24-26-13-27-29(22)24/h3-4,6-7,10-11,13,22H,5,8-9,12H2,1-2H3,(H,26,27,28). The number of carbonyl (C=O) groups excluding carboxylic acids is 1. The molecule has 0 bridgehead atoms. The summed E-state index contributed by atoms with van der Waals surface area (Å²) in [7, 11) is 1.62. The van der Waals surface area contributed by atoms with Crippen molar-refractivity contribution in [1.29, 1.82) is 0 Å². The number of ether oxygens (including phenoxy) is 2. The van der Waals surface area contributed by atoms with Crippen molar-refractivity contribution in [3.63, 3.8) is 0 Å². The molecule has 0 spiro atoms. The Labute approximate surface area is 194 Å². The van der Waals surface area contributed by atoms with E-state index in [1.54, 1.807) is 11.8 Å². The van der Waals surface area contributed by atoms with Gasteiger partial charge >= 0.3 is 0 Å². The number of carbonyl (C=O) groups is 1. The molecule has 7 nitrogen and oxygen atoms in total. The molecule has 1 atom stereocenters. The number of Topliss-reactive ketones (excluding diaryl/α,β-unsaturated/α-hetero) is 1. The number of aryl methyl sites for hydroxylation is 1. The van der Waals surface area contributed by atoms with Gasteiger partial charge in [0.25, 0.3) is 0 Å². The third kappa shape index (κ3) is 3.58. The number of benzene rings is 2. The maximum atomic E-state index is 12.9. The minimum atomic E-state index is -0.368. The number of hydrogen-bond donors (Lipinski definition) is 1. The molecule has 1 aliphatic heterocycles. The number of nitrogens with zero attached hydrogens (tertiary/aromatic N) is 3. The normalized spacial score (nSPS) is 17.5. The van der Waals surface area contributed by atoms with Crippen LogP contribution >= 0.6 is 15.9 Å². The lowest BCUT2D eigenvalue weighted by Crippen LogP contribution is -2.31. The lowest BCUT2D eigenvalue weighted by molar-refractivity contribution is -0.116. The van der Waals surface area contributed by atoms with Gasteiger partial charge in [0.05, 0.1) is 11.6 Å². The largest absolute Gasteiger partial charge is 0.493 e. The van der Waals surface area contributed by atoms with Gasteiger partial charge in [0, 0.05) is 17.7 Å². The van der Waals surface area contributed by atoms with Gasteiger partial charge in [0.1, 0.15) is 19.0 Å². The first-order valence-corrected chi connectivity index (χ1v) is 11.3. The SMILES string of the molecule is COc1cc(C2C3=C(CCCC3=O)Nc3ncnn32)cc(Br)c1OCc1ccccc1C. The van der Waals surface area contributed by atoms with E-state index < -0.39 is 0 Å². The van der Waals surface area contributed by atoms with Crippen LogP contribution in [0.2, 0.25) is 0 Å². The van der Waals surface area contributed by atoms with Crippen molar-refractivity contribution in [2.45, 2.75) is 38.8 Å². The fourth-order valence-electron chi connectivity index (χ4n) is 4.36. The Morgan fingerprint density at radius 3 is 2.91 bits per heavy atom. The number of hydrogen-bond acceptors (Lipinski definition) is 6. The van der Waals surface area contributed by atoms with Crippen LogP contribution in [0, 0.1) is 6.92 Å². The molecule has 0 saturated heterocycles. The van der Waals surface area contributed by atoms with Gasteiger partial charge in [0.15, 0.2) is 17.3 Å². The summed E-state index contributed by atoms with van der Waals surface area (Å²) in [6, 6.07) is 11.7. The minimum absolute atomic E-state index is 0.139. The summed E-state index contributed by atoms with van der Waals surface area (Å²) in [6.07, 6.45) is 3.70. The van der Waals surface area contributed by atoms with Gasteiger partial charge in [0.2, 0.25) is 5.95 Å². The lowest BCUT2D eigenvalue weighted by atomic mass is 9.85. The summed E-state index contributed by atoms with van der Waals surface area (Å²) in [6.45, 7) is 2.49. The molecule has 5 rings (SSSR count). The van der Waals surface area contributed by atoms with Crippen molar-refractivity contribution in [1.82, 2.24) is 14.8 Å². The molecule has 0 radical (unpaired) electrons. The van der Waals surface area contributed by atoms with Crippen LogP contribution in [0.1, 0.15) is 42.0 Å². The van der Waals surface area contributed by atoms with E-state index in [0.29, 0.717) is 30.5 Å². The second-order valence-electron chi connectivity index (χ2n) is 7.97. The molecule has 8 heteroatoms. The Kier molecular flexibility index (Phi) is 5.46. The van der Waals surface area contributed by atoms with Crippen LogP contribution in [0.4, 0.5) is 5.95 Å². The van der Waals surface area contributed by atoms with Crippen molar-refractivity contribution in [3.8, 4) is 11.5 Å². The summed E-state index contributed by atoms with van der Waals surface area (Å²) in [5.41, 5.74) is 4.84. The molecule has 0 amide bonds. The molecule has 0 fully saturated rings. The van der Waals surface area contributed by atoms with Crippen molar-refractivity contribution in [3.05, 3.63) is 75.2 Å². The zero-order chi connectivity index (χ0) is 22.2. The zero-order valence-corrected chi connectivity index (χ0v) is 19.5. The molecule has 164 valence electrons. The zero-order valence-electron chi connectivity index (χ0n) is 17.9. The van der Waals surface area contributed by atoms with E-state index in [4.69, 9.17) is 9.47 Å². The van der Waals surface area contributed by atoms with Gasteiger partial charge in [-0.25, -0.2) is 4.68 Å². The Balaban J connectivity index is 1.54. The van der Waals surface area contributed by atoms with Crippen LogP contribution in [0.5, 0.6) is 11.5 Å². The highest BCUT2D eigenvalue weighted by atomic mass is 79.9. The Hall–Kier alpha value is -3.13. The van der Waals surface area contributed by atoms with Crippen LogP contribution in [-0.2, 0) is 11.4 Å². The fourth-order valence-corrected chi connectivity index (χ4v) is 4.94. The number of rotatable bonds is 5. The van der Waals surface area contributed by atoms with E-state index in [9.17, 15) is 4.79 Å². The number of methoxy groups -OCH3 is 1. The van der Waals surface area contributed by atoms with E-state index in [1.165, 1.54) is 11.9 Å². The first-order chi connectivity index (χ1) is 15.6. The van der Waals surface area contributed by atoms with Gasteiger partial charge < -0.3 is 14.8 Å².